The van der Waals surface area contributed by atoms with E-state index in [9.17, 15) is 0 Å². The van der Waals surface area contributed by atoms with E-state index in [1.807, 2.05) is 12.1 Å². The summed E-state index contributed by atoms with van der Waals surface area (Å²) in [6.07, 6.45) is 6.33. The zero-order valence-corrected chi connectivity index (χ0v) is 11.9. The number of likely N-dealkylation sites (N-methyl/N-ethyl adjacent to an activating group) is 1. The van der Waals surface area contributed by atoms with E-state index in [4.69, 9.17) is 7.85 Å². The lowest BCUT2D eigenvalue weighted by atomic mass is 9.71. The molecule has 1 fully saturated rings. The Morgan fingerprint density at radius 3 is 2.39 bits per heavy atom. The number of nitrogens with zero attached hydrogens (tertiary/aromatic N) is 1. The van der Waals surface area contributed by atoms with Crippen molar-refractivity contribution in [3.8, 4) is 0 Å². The third kappa shape index (κ3) is 2.80. The van der Waals surface area contributed by atoms with Gasteiger partial charge in [-0.25, -0.2) is 0 Å². The summed E-state index contributed by atoms with van der Waals surface area (Å²) in [5, 5.41) is 0. The van der Waals surface area contributed by atoms with Crippen LogP contribution in [0, 0.1) is 5.92 Å². The van der Waals surface area contributed by atoms with E-state index in [2.05, 4.69) is 38.1 Å². The summed E-state index contributed by atoms with van der Waals surface area (Å²) in [6, 6.07) is 8.31. The van der Waals surface area contributed by atoms with Crippen molar-refractivity contribution in [1.82, 2.24) is 4.90 Å². The van der Waals surface area contributed by atoms with Gasteiger partial charge >= 0.3 is 0 Å². The average molecular weight is 241 g/mol. The lowest BCUT2D eigenvalue weighted by molar-refractivity contribution is 0.0832. The van der Waals surface area contributed by atoms with Gasteiger partial charge in [0.15, 0.2) is 0 Å². The summed E-state index contributed by atoms with van der Waals surface area (Å²) in [5.41, 5.74) is 2.56. The molecule has 18 heavy (non-hydrogen) atoms. The van der Waals surface area contributed by atoms with E-state index in [0.717, 1.165) is 17.8 Å². The van der Waals surface area contributed by atoms with Crippen molar-refractivity contribution in [1.29, 1.82) is 0 Å². The maximum atomic E-state index is 6.11. The van der Waals surface area contributed by atoms with Crippen LogP contribution >= 0.6 is 0 Å². The molecule has 1 aromatic rings. The maximum absolute atomic E-state index is 6.11. The van der Waals surface area contributed by atoms with Gasteiger partial charge in [-0.3, -0.25) is 0 Å². The van der Waals surface area contributed by atoms with Crippen molar-refractivity contribution in [2.45, 2.75) is 44.6 Å². The van der Waals surface area contributed by atoms with Crippen molar-refractivity contribution in [3.05, 3.63) is 29.8 Å². The number of rotatable bonds is 3. The first kappa shape index (κ1) is 13.7. The van der Waals surface area contributed by atoms with Gasteiger partial charge in [0.05, 0.1) is 0 Å². The van der Waals surface area contributed by atoms with Crippen LogP contribution in [0.2, 0.25) is 0 Å². The highest BCUT2D eigenvalue weighted by Crippen LogP contribution is 2.37. The topological polar surface area (TPSA) is 3.24 Å². The van der Waals surface area contributed by atoms with Crippen molar-refractivity contribution >= 4 is 13.3 Å². The van der Waals surface area contributed by atoms with Crippen LogP contribution in [-0.2, 0) is 6.42 Å². The highest BCUT2D eigenvalue weighted by molar-refractivity contribution is 6.33. The molecule has 0 saturated heterocycles. The van der Waals surface area contributed by atoms with E-state index >= 15 is 0 Å². The standard InChI is InChI=1S/C16H24BN/c1-13-8-10-16(11-9-13,18(2)3)12-14-6-4-5-7-15(14)17/h4-7,13H,8-12H2,1-3H3. The molecule has 1 aliphatic carbocycles. The Hall–Kier alpha value is -0.755. The zero-order chi connectivity index (χ0) is 13.2. The van der Waals surface area contributed by atoms with Gasteiger partial charge < -0.3 is 4.90 Å². The van der Waals surface area contributed by atoms with E-state index in [-0.39, 0.29) is 0 Å². The van der Waals surface area contributed by atoms with E-state index in [1.54, 1.807) is 0 Å². The fourth-order valence-corrected chi connectivity index (χ4v) is 3.13. The van der Waals surface area contributed by atoms with Crippen LogP contribution in [0.3, 0.4) is 0 Å². The summed E-state index contributed by atoms with van der Waals surface area (Å²) in [5.74, 6) is 0.881. The molecule has 0 spiro atoms. The summed E-state index contributed by atoms with van der Waals surface area (Å²) in [7, 11) is 10.5. The number of hydrogen-bond acceptors (Lipinski definition) is 1. The van der Waals surface area contributed by atoms with E-state index in [0.29, 0.717) is 5.54 Å². The SMILES string of the molecule is [B]c1ccccc1CC1(N(C)C)CCC(C)CC1. The third-order valence-electron chi connectivity index (χ3n) is 4.73. The Kier molecular flexibility index (Phi) is 4.16. The van der Waals surface area contributed by atoms with Crippen molar-refractivity contribution in [2.75, 3.05) is 14.1 Å². The molecule has 2 radical (unpaired) electrons. The predicted molar refractivity (Wildman–Crippen MR) is 79.6 cm³/mol. The summed E-state index contributed by atoms with van der Waals surface area (Å²) in [4.78, 5) is 2.42. The van der Waals surface area contributed by atoms with Crippen LogP contribution in [-0.4, -0.2) is 32.4 Å². The van der Waals surface area contributed by atoms with Gasteiger partial charge in [-0.15, -0.1) is 0 Å². The largest absolute Gasteiger partial charge is 0.303 e. The predicted octanol–water partition coefficient (Wildman–Crippen LogP) is 2.53. The van der Waals surface area contributed by atoms with Gasteiger partial charge in [0.25, 0.3) is 0 Å². The Morgan fingerprint density at radius 2 is 1.83 bits per heavy atom. The molecule has 1 aromatic carbocycles. The Morgan fingerprint density at radius 1 is 1.22 bits per heavy atom. The second-order valence-corrected chi connectivity index (χ2v) is 6.18. The van der Waals surface area contributed by atoms with Crippen LogP contribution in [0.4, 0.5) is 0 Å². The van der Waals surface area contributed by atoms with Gasteiger partial charge in [0.1, 0.15) is 7.85 Å². The molecule has 0 atom stereocenters. The van der Waals surface area contributed by atoms with Gasteiger partial charge in [-0.1, -0.05) is 42.2 Å². The molecule has 1 saturated carbocycles. The highest BCUT2D eigenvalue weighted by Gasteiger charge is 2.36. The molecule has 2 heteroatoms. The van der Waals surface area contributed by atoms with Gasteiger partial charge in [-0.05, 0) is 52.1 Å². The monoisotopic (exact) mass is 241 g/mol. The number of hydrogen-bond donors (Lipinski definition) is 0. The first-order chi connectivity index (χ1) is 8.53. The Bertz CT molecular complexity index is 392. The third-order valence-corrected chi connectivity index (χ3v) is 4.73. The van der Waals surface area contributed by atoms with Crippen LogP contribution < -0.4 is 5.46 Å². The van der Waals surface area contributed by atoms with Gasteiger partial charge in [0, 0.05) is 5.54 Å². The second-order valence-electron chi connectivity index (χ2n) is 6.18. The molecule has 0 N–H and O–H groups in total. The molecule has 0 bridgehead atoms. The lowest BCUT2D eigenvalue weighted by Gasteiger charge is -2.45. The minimum Gasteiger partial charge on any atom is -0.303 e. The highest BCUT2D eigenvalue weighted by atomic mass is 15.1. The second kappa shape index (κ2) is 5.48. The van der Waals surface area contributed by atoms with Gasteiger partial charge in [-0.2, -0.15) is 0 Å². The van der Waals surface area contributed by atoms with E-state index in [1.165, 1.54) is 31.2 Å². The molecule has 0 aromatic heterocycles. The minimum atomic E-state index is 0.308. The first-order valence-corrected chi connectivity index (χ1v) is 7.04. The fraction of sp³-hybridized carbons (Fsp3) is 0.625. The fourth-order valence-electron chi connectivity index (χ4n) is 3.13. The molecule has 2 rings (SSSR count). The van der Waals surface area contributed by atoms with Crippen LogP contribution in [0.5, 0.6) is 0 Å². The molecular weight excluding hydrogens is 217 g/mol. The molecule has 0 amide bonds. The normalized spacial score (nSPS) is 28.6. The first-order valence-electron chi connectivity index (χ1n) is 7.04. The van der Waals surface area contributed by atoms with Gasteiger partial charge in [0.2, 0.25) is 0 Å². The Labute approximate surface area is 113 Å². The lowest BCUT2D eigenvalue weighted by Crippen LogP contribution is -2.49. The summed E-state index contributed by atoms with van der Waals surface area (Å²) >= 11 is 0. The summed E-state index contributed by atoms with van der Waals surface area (Å²) < 4.78 is 0. The smallest absolute Gasteiger partial charge is 0.114 e. The summed E-state index contributed by atoms with van der Waals surface area (Å²) in [6.45, 7) is 2.37. The van der Waals surface area contributed by atoms with Crippen LogP contribution in [0.1, 0.15) is 38.2 Å². The number of benzene rings is 1. The quantitative estimate of drug-likeness (QED) is 0.735. The van der Waals surface area contributed by atoms with E-state index < -0.39 is 0 Å². The minimum absolute atomic E-state index is 0.308. The molecule has 96 valence electrons. The maximum Gasteiger partial charge on any atom is 0.114 e. The molecule has 0 aliphatic heterocycles. The Balaban J connectivity index is 2.19. The van der Waals surface area contributed by atoms with Crippen molar-refractivity contribution in [3.63, 3.8) is 0 Å². The van der Waals surface area contributed by atoms with Crippen LogP contribution in [0.25, 0.3) is 0 Å². The average Bonchev–Trinajstić information content (AvgIpc) is 2.35. The zero-order valence-electron chi connectivity index (χ0n) is 11.9. The van der Waals surface area contributed by atoms with Crippen LogP contribution in [0.15, 0.2) is 24.3 Å². The molecular formula is C16H24BN. The van der Waals surface area contributed by atoms with Crippen molar-refractivity contribution in [2.24, 2.45) is 5.92 Å². The molecule has 1 nitrogen and oxygen atoms in total. The molecule has 1 aliphatic rings. The van der Waals surface area contributed by atoms with Crippen molar-refractivity contribution < 1.29 is 0 Å². The molecule has 0 unspecified atom stereocenters. The molecule has 0 heterocycles.